The van der Waals surface area contributed by atoms with Crippen LogP contribution in [0, 0.1) is 5.82 Å². The molecule has 0 aliphatic heterocycles. The summed E-state index contributed by atoms with van der Waals surface area (Å²) < 4.78 is 22.1. The summed E-state index contributed by atoms with van der Waals surface area (Å²) in [6, 6.07) is 13.7. The number of aromatic nitrogens is 3. The first kappa shape index (κ1) is 21.8. The Morgan fingerprint density at radius 2 is 1.88 bits per heavy atom. The molecule has 4 aromatic rings. The highest BCUT2D eigenvalue weighted by Crippen LogP contribution is 2.42. The first-order valence-electron chi connectivity index (χ1n) is 10.6. The summed E-state index contributed by atoms with van der Waals surface area (Å²) >= 11 is 0. The van der Waals surface area contributed by atoms with E-state index in [1.807, 2.05) is 6.07 Å². The van der Waals surface area contributed by atoms with Crippen LogP contribution in [0.5, 0.6) is 5.75 Å². The fraction of sp³-hybridized carbons (Fsp3) is 0.208. The van der Waals surface area contributed by atoms with Crippen LogP contribution in [-0.2, 0) is 0 Å². The van der Waals surface area contributed by atoms with Gasteiger partial charge >= 0.3 is 0 Å². The van der Waals surface area contributed by atoms with Crippen LogP contribution < -0.4 is 21.9 Å². The maximum Gasteiger partial charge on any atom is 0.254 e. The van der Waals surface area contributed by atoms with Crippen LogP contribution >= 0.6 is 0 Å². The van der Waals surface area contributed by atoms with Gasteiger partial charge in [0.05, 0.1) is 18.7 Å². The smallest absolute Gasteiger partial charge is 0.254 e. The second-order valence-electron chi connectivity index (χ2n) is 8.49. The van der Waals surface area contributed by atoms with E-state index in [0.29, 0.717) is 22.0 Å². The number of amides is 1. The molecule has 174 valence electrons. The van der Waals surface area contributed by atoms with Gasteiger partial charge in [-0.25, -0.2) is 14.1 Å². The third-order valence-corrected chi connectivity index (χ3v) is 6.12. The van der Waals surface area contributed by atoms with Gasteiger partial charge in [0.15, 0.2) is 11.6 Å². The van der Waals surface area contributed by atoms with Gasteiger partial charge in [-0.3, -0.25) is 4.79 Å². The minimum Gasteiger partial charge on any atom is -0.493 e. The fourth-order valence-corrected chi connectivity index (χ4v) is 4.45. The molecule has 2 heterocycles. The maximum absolute atomic E-state index is 15.2. The van der Waals surface area contributed by atoms with Gasteiger partial charge in [-0.2, -0.15) is 5.10 Å². The maximum atomic E-state index is 15.2. The number of ether oxygens (including phenoxy) is 1. The molecular formula is C24H23FN6O3. The lowest BCUT2D eigenvalue weighted by Gasteiger charge is -2.40. The third-order valence-electron chi connectivity index (χ3n) is 6.12. The number of primary amides is 1. The van der Waals surface area contributed by atoms with Gasteiger partial charge in [-0.05, 0) is 12.1 Å². The molecule has 7 N–H and O–H groups in total. The molecule has 2 aromatic heterocycles. The van der Waals surface area contributed by atoms with E-state index >= 15 is 4.39 Å². The Labute approximate surface area is 193 Å². The minimum absolute atomic E-state index is 0.0594. The molecule has 0 saturated heterocycles. The molecule has 5 rings (SSSR count). The third kappa shape index (κ3) is 3.44. The first-order valence-corrected chi connectivity index (χ1v) is 10.6. The van der Waals surface area contributed by atoms with Crippen molar-refractivity contribution in [3.8, 4) is 28.3 Å². The summed E-state index contributed by atoms with van der Waals surface area (Å²) in [5.41, 5.74) is 18.3. The summed E-state index contributed by atoms with van der Waals surface area (Å²) in [7, 11) is 1.39. The Bertz CT molecular complexity index is 1430. The van der Waals surface area contributed by atoms with Gasteiger partial charge in [-0.1, -0.05) is 36.4 Å². The number of hydrogen-bond acceptors (Lipinski definition) is 7. The molecular weight excluding hydrogens is 439 g/mol. The van der Waals surface area contributed by atoms with Crippen LogP contribution in [0.4, 0.5) is 10.2 Å². The lowest BCUT2D eigenvalue weighted by Crippen LogP contribution is -2.52. The molecule has 10 heteroatoms. The van der Waals surface area contributed by atoms with E-state index in [9.17, 15) is 9.90 Å². The second-order valence-corrected chi connectivity index (χ2v) is 8.49. The second kappa shape index (κ2) is 7.79. The predicted octanol–water partition coefficient (Wildman–Crippen LogP) is 2.58. The van der Waals surface area contributed by atoms with Crippen molar-refractivity contribution in [2.45, 2.75) is 24.6 Å². The van der Waals surface area contributed by atoms with E-state index in [4.69, 9.17) is 21.9 Å². The Morgan fingerprint density at radius 1 is 1.18 bits per heavy atom. The van der Waals surface area contributed by atoms with Crippen LogP contribution in [0.1, 0.15) is 29.2 Å². The number of rotatable bonds is 5. The average molecular weight is 462 g/mol. The van der Waals surface area contributed by atoms with Crippen LogP contribution in [-0.4, -0.2) is 38.6 Å². The molecule has 0 bridgehead atoms. The van der Waals surface area contributed by atoms with Crippen LogP contribution in [0.3, 0.4) is 0 Å². The lowest BCUT2D eigenvalue weighted by molar-refractivity contribution is -0.0643. The van der Waals surface area contributed by atoms with Gasteiger partial charge in [0.1, 0.15) is 28.5 Å². The highest BCUT2D eigenvalue weighted by molar-refractivity contribution is 6.04. The van der Waals surface area contributed by atoms with Gasteiger partial charge in [0, 0.05) is 29.4 Å². The zero-order valence-corrected chi connectivity index (χ0v) is 18.3. The highest BCUT2D eigenvalue weighted by atomic mass is 19.1. The van der Waals surface area contributed by atoms with Crippen molar-refractivity contribution in [2.75, 3.05) is 12.8 Å². The zero-order valence-electron chi connectivity index (χ0n) is 18.3. The Balaban J connectivity index is 1.68. The predicted molar refractivity (Wildman–Crippen MR) is 125 cm³/mol. The van der Waals surface area contributed by atoms with Crippen LogP contribution in [0.25, 0.3) is 33.4 Å². The fourth-order valence-electron chi connectivity index (χ4n) is 4.45. The molecule has 1 aliphatic rings. The van der Waals surface area contributed by atoms with E-state index < -0.39 is 17.4 Å². The number of nitrogen functional groups attached to an aromatic ring is 1. The molecule has 0 spiro atoms. The monoisotopic (exact) mass is 462 g/mol. The Morgan fingerprint density at radius 3 is 2.50 bits per heavy atom. The van der Waals surface area contributed by atoms with Crippen molar-refractivity contribution in [3.63, 3.8) is 0 Å². The number of pyridine rings is 1. The van der Waals surface area contributed by atoms with Crippen molar-refractivity contribution >= 4 is 22.6 Å². The van der Waals surface area contributed by atoms with E-state index in [-0.39, 0.29) is 47.4 Å². The van der Waals surface area contributed by atoms with Crippen LogP contribution in [0.2, 0.25) is 0 Å². The van der Waals surface area contributed by atoms with Gasteiger partial charge < -0.3 is 27.0 Å². The molecule has 1 saturated carbocycles. The van der Waals surface area contributed by atoms with Gasteiger partial charge in [0.2, 0.25) is 0 Å². The molecule has 1 fully saturated rings. The summed E-state index contributed by atoms with van der Waals surface area (Å²) in [5, 5.41) is 14.9. The molecule has 2 aromatic carbocycles. The summed E-state index contributed by atoms with van der Waals surface area (Å²) in [6.45, 7) is 0. The summed E-state index contributed by atoms with van der Waals surface area (Å²) in [4.78, 5) is 16.8. The summed E-state index contributed by atoms with van der Waals surface area (Å²) in [5.74, 6) is -1.15. The molecule has 1 amide bonds. The largest absolute Gasteiger partial charge is 0.493 e. The van der Waals surface area contributed by atoms with E-state index in [1.165, 1.54) is 11.8 Å². The minimum atomic E-state index is -1.29. The SMILES string of the molecule is COc1c(F)c(-c2ccccc2)nc2cc(-c3nn([C@H]4C[C@@](N)(O)C4)c(N)c3C(N)=O)ccc12. The van der Waals surface area contributed by atoms with Crippen molar-refractivity contribution in [2.24, 2.45) is 11.5 Å². The van der Waals surface area contributed by atoms with Crippen molar-refractivity contribution in [3.05, 3.63) is 59.9 Å². The van der Waals surface area contributed by atoms with Crippen molar-refractivity contribution in [1.29, 1.82) is 0 Å². The normalized spacial score (nSPS) is 19.7. The van der Waals surface area contributed by atoms with Crippen LogP contribution in [0.15, 0.2) is 48.5 Å². The van der Waals surface area contributed by atoms with E-state index in [2.05, 4.69) is 10.1 Å². The average Bonchev–Trinajstić information content (AvgIpc) is 3.14. The number of fused-ring (bicyclic) bond motifs is 1. The number of methoxy groups -OCH3 is 1. The van der Waals surface area contributed by atoms with Crippen molar-refractivity contribution in [1.82, 2.24) is 14.8 Å². The number of nitrogens with zero attached hydrogens (tertiary/aromatic N) is 3. The molecule has 0 atom stereocenters. The lowest BCUT2D eigenvalue weighted by atomic mass is 9.83. The Kier molecular flexibility index (Phi) is 4.99. The molecule has 1 aliphatic carbocycles. The van der Waals surface area contributed by atoms with E-state index in [1.54, 1.807) is 42.5 Å². The molecule has 0 radical (unpaired) electrons. The highest BCUT2D eigenvalue weighted by Gasteiger charge is 2.42. The van der Waals surface area contributed by atoms with E-state index in [0.717, 1.165) is 0 Å². The van der Waals surface area contributed by atoms with Gasteiger partial charge in [-0.15, -0.1) is 0 Å². The topological polar surface area (TPSA) is 155 Å². The number of carbonyl (C=O) groups excluding carboxylic acids is 1. The number of aliphatic hydroxyl groups is 1. The number of benzene rings is 2. The number of halogens is 1. The molecule has 9 nitrogen and oxygen atoms in total. The number of anilines is 1. The quantitative estimate of drug-likeness (QED) is 0.332. The summed E-state index contributed by atoms with van der Waals surface area (Å²) in [6.07, 6.45) is 0.486. The number of carbonyl (C=O) groups is 1. The number of nitrogens with two attached hydrogens (primary N) is 3. The molecule has 34 heavy (non-hydrogen) atoms. The zero-order chi connectivity index (χ0) is 24.2. The number of hydrogen-bond donors (Lipinski definition) is 4. The van der Waals surface area contributed by atoms with Gasteiger partial charge in [0.25, 0.3) is 5.91 Å². The van der Waals surface area contributed by atoms with Crippen molar-refractivity contribution < 1.29 is 19.0 Å². The Hall–Kier alpha value is -4.02. The standard InChI is InChI=1S/C24H23FN6O3/c1-34-21-15-8-7-13(9-16(15)29-20(18(21)25)12-5-3-2-4-6-12)19-17(23(27)32)22(26)31(30-19)14-10-24(28,33)11-14/h2-9,14,33H,10-11,26,28H2,1H3,(H2,27,32)/t14-,24+. The first-order chi connectivity index (χ1) is 16.2. The molecule has 0 unspecified atom stereocenters.